The lowest BCUT2D eigenvalue weighted by atomic mass is 10.2. The van der Waals surface area contributed by atoms with Crippen LogP contribution in [0.25, 0.3) is 0 Å². The summed E-state index contributed by atoms with van der Waals surface area (Å²) in [5.74, 6) is 0.638. The number of nitrogens with two attached hydrogens (primary N) is 1. The summed E-state index contributed by atoms with van der Waals surface area (Å²) in [5, 5.41) is 0. The molecule has 0 atom stereocenters. The molecule has 0 spiro atoms. The lowest BCUT2D eigenvalue weighted by Gasteiger charge is -2.15. The summed E-state index contributed by atoms with van der Waals surface area (Å²) in [6, 6.07) is 6.01. The average Bonchev–Trinajstić information content (AvgIpc) is 2.77. The van der Waals surface area contributed by atoms with Crippen molar-refractivity contribution in [1.82, 2.24) is 4.90 Å². The molecule has 0 amide bonds. The highest BCUT2D eigenvalue weighted by Crippen LogP contribution is 2.22. The molecule has 1 aliphatic heterocycles. The molecule has 16 heavy (non-hydrogen) atoms. The molecule has 3 nitrogen and oxygen atoms in total. The van der Waals surface area contributed by atoms with Gasteiger partial charge in [0, 0.05) is 17.6 Å². The normalized spacial score (nSPS) is 16.9. The lowest BCUT2D eigenvalue weighted by molar-refractivity contribution is 0.513. The van der Waals surface area contributed by atoms with Crippen LogP contribution >= 0.6 is 15.9 Å². The van der Waals surface area contributed by atoms with Crippen LogP contribution in [0.2, 0.25) is 0 Å². The Morgan fingerprint density at radius 1 is 1.38 bits per heavy atom. The molecular formula is C12H16BrN3. The number of aliphatic imine (C=N–C) groups is 1. The summed E-state index contributed by atoms with van der Waals surface area (Å²) in [5.41, 5.74) is 8.06. The maximum atomic E-state index is 5.96. The van der Waals surface area contributed by atoms with E-state index in [9.17, 15) is 0 Å². The van der Waals surface area contributed by atoms with E-state index in [1.54, 1.807) is 0 Å². The highest BCUT2D eigenvalue weighted by molar-refractivity contribution is 9.10. The zero-order valence-corrected chi connectivity index (χ0v) is 11.0. The lowest BCUT2D eigenvalue weighted by Crippen LogP contribution is -2.34. The molecule has 0 bridgehead atoms. The molecule has 1 saturated heterocycles. The van der Waals surface area contributed by atoms with E-state index in [1.807, 2.05) is 18.2 Å². The van der Waals surface area contributed by atoms with Crippen LogP contribution in [0.4, 0.5) is 5.69 Å². The van der Waals surface area contributed by atoms with E-state index in [0.717, 1.165) is 23.2 Å². The van der Waals surface area contributed by atoms with Crippen LogP contribution in [0.1, 0.15) is 18.4 Å². The molecule has 0 aliphatic carbocycles. The Morgan fingerprint density at radius 3 is 2.69 bits per heavy atom. The summed E-state index contributed by atoms with van der Waals surface area (Å²) >= 11 is 3.47. The Bertz CT molecular complexity index is 409. The monoisotopic (exact) mass is 281 g/mol. The Morgan fingerprint density at radius 2 is 2.06 bits per heavy atom. The van der Waals surface area contributed by atoms with E-state index < -0.39 is 0 Å². The molecule has 4 heteroatoms. The van der Waals surface area contributed by atoms with Crippen LogP contribution in [0.15, 0.2) is 27.7 Å². The minimum absolute atomic E-state index is 0.638. The minimum Gasteiger partial charge on any atom is -0.369 e. The molecule has 1 heterocycles. The summed E-state index contributed by atoms with van der Waals surface area (Å²) in [6.07, 6.45) is 2.44. The van der Waals surface area contributed by atoms with E-state index in [1.165, 1.54) is 18.4 Å². The van der Waals surface area contributed by atoms with Gasteiger partial charge in [0.1, 0.15) is 0 Å². The van der Waals surface area contributed by atoms with Gasteiger partial charge in [-0.2, -0.15) is 0 Å². The minimum atomic E-state index is 0.638. The third-order valence-electron chi connectivity index (χ3n) is 2.82. The molecule has 0 saturated carbocycles. The van der Waals surface area contributed by atoms with Gasteiger partial charge in [-0.05, 0) is 43.5 Å². The predicted octanol–water partition coefficient (Wildman–Crippen LogP) is 2.80. The number of likely N-dealkylation sites (tertiary alicyclic amines) is 1. The SMILES string of the molecule is Cc1cc(N=C(N)N2CCCC2)ccc1Br. The molecule has 2 N–H and O–H groups in total. The Balaban J connectivity index is 2.17. The highest BCUT2D eigenvalue weighted by Gasteiger charge is 2.13. The summed E-state index contributed by atoms with van der Waals surface area (Å²) in [7, 11) is 0. The molecule has 2 rings (SSSR count). The number of rotatable bonds is 1. The van der Waals surface area contributed by atoms with Crippen molar-refractivity contribution < 1.29 is 0 Å². The zero-order chi connectivity index (χ0) is 11.5. The van der Waals surface area contributed by atoms with Gasteiger partial charge in [-0.1, -0.05) is 15.9 Å². The molecule has 0 aromatic heterocycles. The van der Waals surface area contributed by atoms with E-state index in [-0.39, 0.29) is 0 Å². The van der Waals surface area contributed by atoms with Gasteiger partial charge in [0.05, 0.1) is 5.69 Å². The second kappa shape index (κ2) is 4.87. The average molecular weight is 282 g/mol. The quantitative estimate of drug-likeness (QED) is 0.635. The zero-order valence-electron chi connectivity index (χ0n) is 9.41. The first kappa shape index (κ1) is 11.5. The number of halogens is 1. The fourth-order valence-electron chi connectivity index (χ4n) is 1.85. The molecule has 1 aromatic carbocycles. The molecule has 1 aliphatic rings. The summed E-state index contributed by atoms with van der Waals surface area (Å²) < 4.78 is 1.10. The van der Waals surface area contributed by atoms with Crippen LogP contribution in [-0.4, -0.2) is 23.9 Å². The van der Waals surface area contributed by atoms with Gasteiger partial charge in [-0.3, -0.25) is 0 Å². The van der Waals surface area contributed by atoms with Gasteiger partial charge in [-0.15, -0.1) is 0 Å². The van der Waals surface area contributed by atoms with Gasteiger partial charge < -0.3 is 10.6 Å². The Kier molecular flexibility index (Phi) is 3.49. The number of nitrogens with zero attached hydrogens (tertiary/aromatic N) is 2. The van der Waals surface area contributed by atoms with Gasteiger partial charge in [0.25, 0.3) is 0 Å². The summed E-state index contributed by atoms with van der Waals surface area (Å²) in [4.78, 5) is 6.58. The molecule has 1 fully saturated rings. The number of benzene rings is 1. The second-order valence-electron chi connectivity index (χ2n) is 4.10. The Labute approximate surface area is 104 Å². The van der Waals surface area contributed by atoms with Crippen LogP contribution in [-0.2, 0) is 0 Å². The topological polar surface area (TPSA) is 41.6 Å². The van der Waals surface area contributed by atoms with Crippen molar-refractivity contribution in [3.63, 3.8) is 0 Å². The van der Waals surface area contributed by atoms with Crippen molar-refractivity contribution in [3.8, 4) is 0 Å². The van der Waals surface area contributed by atoms with E-state index in [0.29, 0.717) is 5.96 Å². The van der Waals surface area contributed by atoms with Crippen LogP contribution < -0.4 is 5.73 Å². The second-order valence-corrected chi connectivity index (χ2v) is 4.95. The largest absolute Gasteiger partial charge is 0.369 e. The van der Waals surface area contributed by atoms with Crippen LogP contribution in [0.5, 0.6) is 0 Å². The van der Waals surface area contributed by atoms with Crippen molar-refractivity contribution in [2.45, 2.75) is 19.8 Å². The van der Waals surface area contributed by atoms with Crippen molar-refractivity contribution in [2.24, 2.45) is 10.7 Å². The van der Waals surface area contributed by atoms with Crippen molar-refractivity contribution in [2.75, 3.05) is 13.1 Å². The van der Waals surface area contributed by atoms with Gasteiger partial charge in [-0.25, -0.2) is 4.99 Å². The molecule has 0 unspecified atom stereocenters. The first-order chi connectivity index (χ1) is 7.66. The molecule has 1 aromatic rings. The Hall–Kier alpha value is -1.03. The third kappa shape index (κ3) is 2.55. The number of aryl methyl sites for hydroxylation is 1. The molecule has 86 valence electrons. The third-order valence-corrected chi connectivity index (χ3v) is 3.70. The smallest absolute Gasteiger partial charge is 0.196 e. The molecule has 0 radical (unpaired) electrons. The highest BCUT2D eigenvalue weighted by atomic mass is 79.9. The number of hydrogen-bond acceptors (Lipinski definition) is 1. The fraction of sp³-hybridized carbons (Fsp3) is 0.417. The number of hydrogen-bond donors (Lipinski definition) is 1. The number of guanidine groups is 1. The van der Waals surface area contributed by atoms with Gasteiger partial charge in [0.2, 0.25) is 0 Å². The molecular weight excluding hydrogens is 266 g/mol. The summed E-state index contributed by atoms with van der Waals surface area (Å²) in [6.45, 7) is 4.12. The maximum Gasteiger partial charge on any atom is 0.196 e. The van der Waals surface area contributed by atoms with Crippen LogP contribution in [0, 0.1) is 6.92 Å². The fourth-order valence-corrected chi connectivity index (χ4v) is 2.09. The van der Waals surface area contributed by atoms with E-state index in [4.69, 9.17) is 5.73 Å². The predicted molar refractivity (Wildman–Crippen MR) is 71.0 cm³/mol. The first-order valence-electron chi connectivity index (χ1n) is 5.52. The van der Waals surface area contributed by atoms with Crippen molar-refractivity contribution in [1.29, 1.82) is 0 Å². The van der Waals surface area contributed by atoms with E-state index in [2.05, 4.69) is 32.7 Å². The van der Waals surface area contributed by atoms with Crippen molar-refractivity contribution >= 4 is 27.6 Å². The van der Waals surface area contributed by atoms with E-state index >= 15 is 0 Å². The van der Waals surface area contributed by atoms with Gasteiger partial charge >= 0.3 is 0 Å². The maximum absolute atomic E-state index is 5.96. The van der Waals surface area contributed by atoms with Gasteiger partial charge in [0.15, 0.2) is 5.96 Å². The van der Waals surface area contributed by atoms with Crippen molar-refractivity contribution in [3.05, 3.63) is 28.2 Å². The standard InChI is InChI=1S/C12H16BrN3/c1-9-8-10(4-5-11(9)13)15-12(14)16-6-2-3-7-16/h4-5,8H,2-3,6-7H2,1H3,(H2,14,15). The van der Waals surface area contributed by atoms with Crippen LogP contribution in [0.3, 0.4) is 0 Å². The first-order valence-corrected chi connectivity index (χ1v) is 6.31.